The van der Waals surface area contributed by atoms with Crippen molar-refractivity contribution in [3.8, 4) is 16.8 Å². The Morgan fingerprint density at radius 1 is 0.622 bits per heavy atom. The number of para-hydroxylation sites is 1. The van der Waals surface area contributed by atoms with Gasteiger partial charge in [0, 0.05) is 39.5 Å². The summed E-state index contributed by atoms with van der Waals surface area (Å²) >= 11 is 0. The van der Waals surface area contributed by atoms with Gasteiger partial charge in [-0.25, -0.2) is 0 Å². The van der Waals surface area contributed by atoms with Gasteiger partial charge in [-0.1, -0.05) is 91.0 Å². The topological polar surface area (TPSA) is 9.86 Å². The van der Waals surface area contributed by atoms with Crippen molar-refractivity contribution in [1.29, 1.82) is 0 Å². The van der Waals surface area contributed by atoms with Gasteiger partial charge in [0.25, 0.3) is 0 Å². The summed E-state index contributed by atoms with van der Waals surface area (Å²) < 4.78 is 5.18. The molecule has 0 amide bonds. The summed E-state index contributed by atoms with van der Waals surface area (Å²) in [6, 6.07) is 35.9. The summed E-state index contributed by atoms with van der Waals surface area (Å²) in [6.45, 7) is 0. The summed E-state index contributed by atoms with van der Waals surface area (Å²) in [6.07, 6.45) is 21.5. The second kappa shape index (κ2) is 11.0. The molecule has 45 heavy (non-hydrogen) atoms. The molecule has 0 aliphatic heterocycles. The zero-order valence-corrected chi connectivity index (χ0v) is 25.8. The third-order valence-corrected chi connectivity index (χ3v) is 10.4. The average molecular weight is 583 g/mol. The molecule has 0 saturated heterocycles. The molecule has 0 radical (unpaired) electrons. The van der Waals surface area contributed by atoms with Gasteiger partial charge in [0.15, 0.2) is 0 Å². The Bertz CT molecular complexity index is 2150. The van der Waals surface area contributed by atoms with E-state index in [0.29, 0.717) is 5.92 Å². The van der Waals surface area contributed by atoms with E-state index in [1.54, 1.807) is 11.3 Å². The van der Waals surface area contributed by atoms with Gasteiger partial charge in [-0.05, 0) is 116 Å². The lowest BCUT2D eigenvalue weighted by Crippen LogP contribution is -2.14. The van der Waals surface area contributed by atoms with Gasteiger partial charge in [0.2, 0.25) is 0 Å². The van der Waals surface area contributed by atoms with Gasteiger partial charge in [0.05, 0.1) is 11.0 Å². The highest BCUT2D eigenvalue weighted by Crippen LogP contribution is 2.45. The number of rotatable bonds is 4. The van der Waals surface area contributed by atoms with E-state index >= 15 is 0 Å². The number of hydrogen-bond acceptors (Lipinski definition) is 0. The first-order valence-corrected chi connectivity index (χ1v) is 16.8. The largest absolute Gasteiger partial charge is 0.320 e. The number of aromatic nitrogens is 2. The number of fused-ring (bicyclic) bond motifs is 6. The fourth-order valence-corrected chi connectivity index (χ4v) is 8.30. The molecule has 220 valence electrons. The molecule has 2 heteroatoms. The lowest BCUT2D eigenvalue weighted by Gasteiger charge is -2.25. The van der Waals surface area contributed by atoms with E-state index in [2.05, 4.69) is 137 Å². The van der Waals surface area contributed by atoms with Gasteiger partial charge in [0.1, 0.15) is 0 Å². The Morgan fingerprint density at radius 3 is 2.33 bits per heavy atom. The van der Waals surface area contributed by atoms with Crippen molar-refractivity contribution < 1.29 is 0 Å². The van der Waals surface area contributed by atoms with Crippen molar-refractivity contribution in [2.75, 3.05) is 0 Å². The minimum atomic E-state index is 0.348. The summed E-state index contributed by atoms with van der Waals surface area (Å²) in [5.41, 5.74) is 15.4. The Labute approximate surface area is 265 Å². The zero-order chi connectivity index (χ0) is 29.7. The third-order valence-electron chi connectivity index (χ3n) is 10.4. The number of allylic oxidation sites excluding steroid dienone is 5. The molecule has 6 aromatic rings. The van der Waals surface area contributed by atoms with Crippen molar-refractivity contribution >= 4 is 33.6 Å². The lowest BCUT2D eigenvalue weighted by molar-refractivity contribution is 0.652. The highest BCUT2D eigenvalue weighted by Gasteiger charge is 2.32. The van der Waals surface area contributed by atoms with Crippen LogP contribution in [-0.4, -0.2) is 9.13 Å². The number of benzene rings is 4. The Balaban J connectivity index is 1.19. The van der Waals surface area contributed by atoms with E-state index < -0.39 is 0 Å². The molecule has 3 aliphatic rings. The molecule has 0 bridgehead atoms. The fraction of sp³-hybridized carbons (Fsp3) is 0.209. The van der Waals surface area contributed by atoms with Crippen LogP contribution in [0, 0.1) is 0 Å². The zero-order valence-electron chi connectivity index (χ0n) is 25.8. The van der Waals surface area contributed by atoms with E-state index in [1.807, 2.05) is 0 Å². The minimum absolute atomic E-state index is 0.348. The minimum Gasteiger partial charge on any atom is -0.320 e. The highest BCUT2D eigenvalue weighted by molar-refractivity contribution is 6.09. The lowest BCUT2D eigenvalue weighted by atomic mass is 9.84. The smallest absolute Gasteiger partial charge is 0.0541 e. The summed E-state index contributed by atoms with van der Waals surface area (Å²) in [4.78, 5) is 0. The first-order chi connectivity index (χ1) is 22.3. The van der Waals surface area contributed by atoms with Crippen molar-refractivity contribution in [1.82, 2.24) is 9.13 Å². The molecule has 2 heterocycles. The van der Waals surface area contributed by atoms with Gasteiger partial charge in [-0.3, -0.25) is 0 Å². The molecule has 0 fully saturated rings. The van der Waals surface area contributed by atoms with E-state index in [0.717, 1.165) is 12.8 Å². The third kappa shape index (κ3) is 4.38. The van der Waals surface area contributed by atoms with Crippen molar-refractivity contribution in [2.45, 2.75) is 57.3 Å². The van der Waals surface area contributed by atoms with Crippen molar-refractivity contribution in [2.24, 2.45) is 0 Å². The van der Waals surface area contributed by atoms with Crippen LogP contribution < -0.4 is 0 Å². The maximum Gasteiger partial charge on any atom is 0.0541 e. The molecule has 9 rings (SSSR count). The molecule has 1 atom stereocenters. The van der Waals surface area contributed by atoms with Crippen LogP contribution in [0.15, 0.2) is 121 Å². The molecule has 3 aliphatic carbocycles. The molecule has 2 nitrogen and oxygen atoms in total. The Morgan fingerprint density at radius 2 is 1.42 bits per heavy atom. The fourth-order valence-electron chi connectivity index (χ4n) is 8.30. The van der Waals surface area contributed by atoms with E-state index in [1.165, 1.54) is 99.7 Å². The second-order valence-electron chi connectivity index (χ2n) is 13.0. The normalized spacial score (nSPS) is 17.7. The summed E-state index contributed by atoms with van der Waals surface area (Å²) in [5, 5.41) is 2.66. The first kappa shape index (κ1) is 26.6. The number of nitrogens with zero attached hydrogens (tertiary/aromatic N) is 2. The van der Waals surface area contributed by atoms with E-state index in [4.69, 9.17) is 0 Å². The van der Waals surface area contributed by atoms with E-state index in [-0.39, 0.29) is 0 Å². The summed E-state index contributed by atoms with van der Waals surface area (Å²) in [7, 11) is 0. The first-order valence-electron chi connectivity index (χ1n) is 16.8. The molecular formula is C43H38N2. The second-order valence-corrected chi connectivity index (χ2v) is 13.0. The van der Waals surface area contributed by atoms with Crippen LogP contribution in [0.25, 0.3) is 50.4 Å². The van der Waals surface area contributed by atoms with Crippen LogP contribution in [0.5, 0.6) is 0 Å². The standard InChI is InChI=1S/C43H38N2/c1-2-7-16-33(15-6-1)45-41-22-11-8-17-36(41)38-20-12-19-35(43(38)45)32-25-28-42-39(29-32)37-18-9-10-21-40(37)44(42)34-26-23-31(24-27-34)30-13-4-3-5-14-30/h1,3-6,9-10,12-15,18,20-21,23-29,35H,2,7-8,11,16-17,19,22H2. The summed E-state index contributed by atoms with van der Waals surface area (Å²) in [5.74, 6) is 0.348. The molecule has 1 unspecified atom stereocenters. The maximum atomic E-state index is 2.73. The van der Waals surface area contributed by atoms with Gasteiger partial charge in [-0.15, -0.1) is 0 Å². The predicted octanol–water partition coefficient (Wildman–Crippen LogP) is 11.3. The van der Waals surface area contributed by atoms with Gasteiger partial charge < -0.3 is 9.13 Å². The van der Waals surface area contributed by atoms with Gasteiger partial charge >= 0.3 is 0 Å². The average Bonchev–Trinajstić information content (AvgIpc) is 3.47. The molecular weight excluding hydrogens is 544 g/mol. The van der Waals surface area contributed by atoms with Gasteiger partial charge in [-0.2, -0.15) is 0 Å². The Kier molecular flexibility index (Phi) is 6.47. The molecule has 0 N–H and O–H groups in total. The highest BCUT2D eigenvalue weighted by atomic mass is 15.0. The Hall–Kier alpha value is -4.82. The molecule has 0 spiro atoms. The van der Waals surface area contributed by atoms with Crippen LogP contribution in [0.3, 0.4) is 0 Å². The maximum absolute atomic E-state index is 2.73. The van der Waals surface area contributed by atoms with Crippen molar-refractivity contribution in [3.63, 3.8) is 0 Å². The monoisotopic (exact) mass is 582 g/mol. The molecule has 0 saturated carbocycles. The molecule has 4 aromatic carbocycles. The SMILES string of the molecule is C1=CCCCC(n2c3c(c4c2C(c2ccc5c(c2)c2ccccc2n5-c2ccc(-c5ccccc5)cc2)CC=C4)CCCC3)=C1. The molecule has 2 aromatic heterocycles. The van der Waals surface area contributed by atoms with Crippen molar-refractivity contribution in [3.05, 3.63) is 149 Å². The van der Waals surface area contributed by atoms with Crippen LogP contribution >= 0.6 is 0 Å². The predicted molar refractivity (Wildman–Crippen MR) is 190 cm³/mol. The quantitative estimate of drug-likeness (QED) is 0.196. The van der Waals surface area contributed by atoms with Crippen LogP contribution in [0.4, 0.5) is 0 Å². The van der Waals surface area contributed by atoms with Crippen LogP contribution in [0.2, 0.25) is 0 Å². The van der Waals surface area contributed by atoms with Crippen LogP contribution in [-0.2, 0) is 12.8 Å². The van der Waals surface area contributed by atoms with Crippen LogP contribution in [0.1, 0.15) is 72.5 Å². The van der Waals surface area contributed by atoms with E-state index in [9.17, 15) is 0 Å². The number of hydrogen-bond donors (Lipinski definition) is 0.